The van der Waals surface area contributed by atoms with E-state index in [2.05, 4.69) is 10.5 Å². The molecule has 0 amide bonds. The van der Waals surface area contributed by atoms with E-state index in [9.17, 15) is 0 Å². The van der Waals surface area contributed by atoms with Gasteiger partial charge in [-0.25, -0.2) is 4.98 Å². The molecule has 1 N–H and O–H groups in total. The molecule has 0 fully saturated rings. The minimum absolute atomic E-state index is 0.267. The summed E-state index contributed by atoms with van der Waals surface area (Å²) in [5.41, 5.74) is 6.96. The minimum atomic E-state index is 0.267. The summed E-state index contributed by atoms with van der Waals surface area (Å²) < 4.78 is 10.7. The van der Waals surface area contributed by atoms with Gasteiger partial charge in [0.15, 0.2) is 11.5 Å². The molecular weight excluding hydrogens is 326 g/mol. The first kappa shape index (κ1) is 14.7. The average Bonchev–Trinajstić information content (AvgIpc) is 3.15. The van der Waals surface area contributed by atoms with E-state index in [1.807, 2.05) is 66.7 Å². The number of hydrogen-bond acceptors (Lipinski definition) is 5. The lowest BCUT2D eigenvalue weighted by Crippen LogP contribution is -1.95. The van der Waals surface area contributed by atoms with E-state index in [0.29, 0.717) is 0 Å². The number of fused-ring (bicyclic) bond motifs is 3. The van der Waals surface area contributed by atoms with Crippen molar-refractivity contribution in [3.05, 3.63) is 72.3 Å². The van der Waals surface area contributed by atoms with Gasteiger partial charge in [-0.3, -0.25) is 5.43 Å². The summed E-state index contributed by atoms with van der Waals surface area (Å²) in [5.74, 6) is 1.51. The number of para-hydroxylation sites is 2. The van der Waals surface area contributed by atoms with Crippen LogP contribution in [0, 0.1) is 0 Å². The second-order valence-corrected chi connectivity index (χ2v) is 6.00. The maximum atomic E-state index is 5.41. The molecule has 5 rings (SSSR count). The lowest BCUT2D eigenvalue weighted by Gasteiger charge is -2.09. The highest BCUT2D eigenvalue weighted by Gasteiger charge is 2.12. The van der Waals surface area contributed by atoms with Crippen molar-refractivity contribution in [3.63, 3.8) is 0 Å². The zero-order chi connectivity index (χ0) is 17.3. The Hall–Kier alpha value is -3.60. The standard InChI is InChI=1S/C21H15N3O2/c1-3-7-17-15(5-1)21(16-6-2-4-8-18(16)23-17)24-22-12-14-9-10-19-20(11-14)26-13-25-19/h1-12H,13H2,(H,23,24)/b22-12-. The Morgan fingerprint density at radius 3 is 2.31 bits per heavy atom. The highest BCUT2D eigenvalue weighted by atomic mass is 16.7. The molecule has 0 saturated heterocycles. The molecule has 3 aromatic carbocycles. The summed E-state index contributed by atoms with van der Waals surface area (Å²) in [5, 5.41) is 6.51. The molecule has 2 heterocycles. The zero-order valence-corrected chi connectivity index (χ0v) is 13.8. The molecule has 0 spiro atoms. The van der Waals surface area contributed by atoms with Crippen LogP contribution in [-0.4, -0.2) is 18.0 Å². The number of aromatic nitrogens is 1. The molecule has 5 heteroatoms. The summed E-state index contributed by atoms with van der Waals surface area (Å²) in [6, 6.07) is 21.9. The third-order valence-electron chi connectivity index (χ3n) is 4.37. The molecular formula is C21H15N3O2. The van der Waals surface area contributed by atoms with Gasteiger partial charge in [0.2, 0.25) is 6.79 Å². The largest absolute Gasteiger partial charge is 0.454 e. The Kier molecular flexibility index (Phi) is 3.42. The summed E-state index contributed by atoms with van der Waals surface area (Å²) in [7, 11) is 0. The molecule has 1 aliphatic rings. The molecule has 0 aliphatic carbocycles. The van der Waals surface area contributed by atoms with Gasteiger partial charge in [0.1, 0.15) is 0 Å². The highest BCUT2D eigenvalue weighted by molar-refractivity contribution is 6.07. The van der Waals surface area contributed by atoms with E-state index >= 15 is 0 Å². The number of benzene rings is 3. The molecule has 5 nitrogen and oxygen atoms in total. The van der Waals surface area contributed by atoms with E-state index in [1.165, 1.54) is 0 Å². The number of ether oxygens (including phenoxy) is 2. The van der Waals surface area contributed by atoms with Crippen LogP contribution in [0.3, 0.4) is 0 Å². The lowest BCUT2D eigenvalue weighted by molar-refractivity contribution is 0.174. The van der Waals surface area contributed by atoms with Crippen LogP contribution in [0.4, 0.5) is 5.69 Å². The Morgan fingerprint density at radius 2 is 1.54 bits per heavy atom. The van der Waals surface area contributed by atoms with E-state index < -0.39 is 0 Å². The first-order valence-electron chi connectivity index (χ1n) is 8.35. The lowest BCUT2D eigenvalue weighted by atomic mass is 10.1. The van der Waals surface area contributed by atoms with Crippen LogP contribution in [0.5, 0.6) is 11.5 Å². The summed E-state index contributed by atoms with van der Waals surface area (Å²) >= 11 is 0. The van der Waals surface area contributed by atoms with Crippen LogP contribution in [0.25, 0.3) is 21.8 Å². The number of anilines is 1. The monoisotopic (exact) mass is 341 g/mol. The molecule has 1 aliphatic heterocycles. The van der Waals surface area contributed by atoms with Crippen LogP contribution in [0.2, 0.25) is 0 Å². The molecule has 26 heavy (non-hydrogen) atoms. The maximum Gasteiger partial charge on any atom is 0.231 e. The summed E-state index contributed by atoms with van der Waals surface area (Å²) in [6.07, 6.45) is 1.77. The van der Waals surface area contributed by atoms with Crippen molar-refractivity contribution in [2.75, 3.05) is 12.2 Å². The summed E-state index contributed by atoms with van der Waals surface area (Å²) in [4.78, 5) is 4.72. The number of hydrazone groups is 1. The molecule has 0 radical (unpaired) electrons. The molecule has 126 valence electrons. The van der Waals surface area contributed by atoms with E-state index in [4.69, 9.17) is 14.5 Å². The Morgan fingerprint density at radius 1 is 0.846 bits per heavy atom. The average molecular weight is 341 g/mol. The van der Waals surface area contributed by atoms with Crippen molar-refractivity contribution in [2.45, 2.75) is 0 Å². The molecule has 0 atom stereocenters. The van der Waals surface area contributed by atoms with Gasteiger partial charge in [-0.2, -0.15) is 5.10 Å². The molecule has 4 aromatic rings. The number of hydrogen-bond donors (Lipinski definition) is 1. The maximum absolute atomic E-state index is 5.41. The molecule has 0 bridgehead atoms. The van der Waals surface area contributed by atoms with E-state index in [-0.39, 0.29) is 6.79 Å². The normalized spacial score (nSPS) is 12.9. The Balaban J connectivity index is 1.54. The van der Waals surface area contributed by atoms with Gasteiger partial charge < -0.3 is 9.47 Å². The number of rotatable bonds is 3. The number of nitrogens with one attached hydrogen (secondary N) is 1. The van der Waals surface area contributed by atoms with Crippen LogP contribution >= 0.6 is 0 Å². The smallest absolute Gasteiger partial charge is 0.231 e. The second-order valence-electron chi connectivity index (χ2n) is 6.00. The first-order valence-corrected chi connectivity index (χ1v) is 8.35. The van der Waals surface area contributed by atoms with Crippen molar-refractivity contribution < 1.29 is 9.47 Å². The topological polar surface area (TPSA) is 55.7 Å². The van der Waals surface area contributed by atoms with Gasteiger partial charge in [-0.1, -0.05) is 36.4 Å². The van der Waals surface area contributed by atoms with Crippen LogP contribution < -0.4 is 14.9 Å². The predicted molar refractivity (Wildman–Crippen MR) is 103 cm³/mol. The quantitative estimate of drug-likeness (QED) is 0.337. The van der Waals surface area contributed by atoms with Crippen LogP contribution in [0.15, 0.2) is 71.8 Å². The van der Waals surface area contributed by atoms with Crippen LogP contribution in [0.1, 0.15) is 5.56 Å². The van der Waals surface area contributed by atoms with Crippen LogP contribution in [-0.2, 0) is 0 Å². The van der Waals surface area contributed by atoms with Gasteiger partial charge >= 0.3 is 0 Å². The Bertz CT molecular complexity index is 1100. The van der Waals surface area contributed by atoms with Gasteiger partial charge in [-0.05, 0) is 35.9 Å². The summed E-state index contributed by atoms with van der Waals surface area (Å²) in [6.45, 7) is 0.267. The number of nitrogens with zero attached hydrogens (tertiary/aromatic N) is 2. The van der Waals surface area contributed by atoms with Gasteiger partial charge in [0.05, 0.1) is 22.9 Å². The van der Waals surface area contributed by atoms with E-state index in [0.717, 1.165) is 44.6 Å². The minimum Gasteiger partial charge on any atom is -0.454 e. The number of pyridine rings is 1. The Labute approximate surface area is 149 Å². The second kappa shape index (κ2) is 6.04. The fourth-order valence-corrected chi connectivity index (χ4v) is 3.13. The SMILES string of the molecule is C(=N/Nc1c2ccccc2nc2ccccc12)/c1ccc2c(c1)OCO2. The zero-order valence-electron chi connectivity index (χ0n) is 13.8. The van der Waals surface area contributed by atoms with Crippen molar-refractivity contribution in [2.24, 2.45) is 5.10 Å². The van der Waals surface area contributed by atoms with Crippen molar-refractivity contribution in [3.8, 4) is 11.5 Å². The van der Waals surface area contributed by atoms with Crippen molar-refractivity contribution in [1.82, 2.24) is 4.98 Å². The first-order chi connectivity index (χ1) is 12.9. The van der Waals surface area contributed by atoms with Gasteiger partial charge in [0.25, 0.3) is 0 Å². The molecule has 0 unspecified atom stereocenters. The highest BCUT2D eigenvalue weighted by Crippen LogP contribution is 2.32. The fourth-order valence-electron chi connectivity index (χ4n) is 3.13. The fraction of sp³-hybridized carbons (Fsp3) is 0.0476. The third-order valence-corrected chi connectivity index (χ3v) is 4.37. The van der Waals surface area contributed by atoms with E-state index in [1.54, 1.807) is 6.21 Å². The van der Waals surface area contributed by atoms with Crippen molar-refractivity contribution in [1.29, 1.82) is 0 Å². The molecule has 1 aromatic heterocycles. The van der Waals surface area contributed by atoms with Gasteiger partial charge in [0, 0.05) is 10.8 Å². The predicted octanol–water partition coefficient (Wildman–Crippen LogP) is 4.56. The molecule has 0 saturated carbocycles. The third kappa shape index (κ3) is 2.50. The van der Waals surface area contributed by atoms with Gasteiger partial charge in [-0.15, -0.1) is 0 Å². The van der Waals surface area contributed by atoms with Crippen molar-refractivity contribution >= 4 is 33.7 Å².